The normalized spacial score (nSPS) is 10.7. The largest absolute Gasteiger partial charge is 0.493 e. The van der Waals surface area contributed by atoms with Crippen LogP contribution in [0.5, 0.6) is 5.88 Å². The molecule has 0 fully saturated rings. The Balaban J connectivity index is 2.12. The zero-order valence-electron chi connectivity index (χ0n) is 11.5. The molecule has 0 saturated carbocycles. The number of hydrogen-bond donors (Lipinski definition) is 1. The van der Waals surface area contributed by atoms with Crippen molar-refractivity contribution < 1.29 is 5.11 Å². The van der Waals surface area contributed by atoms with Crippen LogP contribution >= 0.6 is 0 Å². The van der Waals surface area contributed by atoms with Crippen molar-refractivity contribution in [1.82, 2.24) is 9.78 Å². The molecule has 0 saturated heterocycles. The molecule has 1 heterocycles. The Hall–Kier alpha value is -2.55. The van der Waals surface area contributed by atoms with Gasteiger partial charge in [-0.3, -0.25) is 0 Å². The molecule has 0 aliphatic heterocycles. The van der Waals surface area contributed by atoms with E-state index in [-0.39, 0.29) is 5.88 Å². The Labute approximate surface area is 118 Å². The molecule has 0 aliphatic carbocycles. The van der Waals surface area contributed by atoms with E-state index >= 15 is 0 Å². The number of nitrogens with zero attached hydrogens (tertiary/aromatic N) is 2. The van der Waals surface area contributed by atoms with Gasteiger partial charge in [0.15, 0.2) is 0 Å². The molecule has 0 atom stereocenters. The molecule has 3 rings (SSSR count). The van der Waals surface area contributed by atoms with Crippen molar-refractivity contribution in [3.63, 3.8) is 0 Å². The molecular formula is C17H16N2O. The van der Waals surface area contributed by atoms with E-state index < -0.39 is 0 Å². The van der Waals surface area contributed by atoms with Crippen molar-refractivity contribution in [3.8, 4) is 22.7 Å². The lowest BCUT2D eigenvalue weighted by molar-refractivity contribution is 0.435. The molecule has 1 N–H and O–H groups in total. The van der Waals surface area contributed by atoms with E-state index in [9.17, 15) is 5.11 Å². The highest BCUT2D eigenvalue weighted by Crippen LogP contribution is 2.31. The third-order valence-corrected chi connectivity index (χ3v) is 3.42. The van der Waals surface area contributed by atoms with Crippen LogP contribution in [0.15, 0.2) is 54.7 Å². The minimum absolute atomic E-state index is 0.171. The maximum absolute atomic E-state index is 10.5. The summed E-state index contributed by atoms with van der Waals surface area (Å²) >= 11 is 0. The molecule has 20 heavy (non-hydrogen) atoms. The lowest BCUT2D eigenvalue weighted by atomic mass is 10.1. The highest BCUT2D eigenvalue weighted by molar-refractivity contribution is 5.69. The van der Waals surface area contributed by atoms with Gasteiger partial charge in [0, 0.05) is 0 Å². The Morgan fingerprint density at radius 2 is 1.80 bits per heavy atom. The molecule has 3 nitrogen and oxygen atoms in total. The van der Waals surface area contributed by atoms with Crippen LogP contribution in [0.2, 0.25) is 0 Å². The second-order valence-electron chi connectivity index (χ2n) is 4.95. The fraction of sp³-hybridized carbons (Fsp3) is 0.118. The van der Waals surface area contributed by atoms with Crippen LogP contribution in [-0.2, 0) is 0 Å². The summed E-state index contributed by atoms with van der Waals surface area (Å²) < 4.78 is 1.58. The van der Waals surface area contributed by atoms with Crippen LogP contribution < -0.4 is 0 Å². The summed E-state index contributed by atoms with van der Waals surface area (Å²) in [7, 11) is 0. The van der Waals surface area contributed by atoms with Gasteiger partial charge in [0.1, 0.15) is 0 Å². The molecule has 1 aromatic heterocycles. The van der Waals surface area contributed by atoms with Crippen LogP contribution in [0.3, 0.4) is 0 Å². The lowest BCUT2D eigenvalue weighted by Crippen LogP contribution is -1.97. The SMILES string of the molecule is Cc1cccc(-c2cnn(-c3ccccc3C)c2O)c1. The van der Waals surface area contributed by atoms with E-state index in [0.29, 0.717) is 0 Å². The fourth-order valence-electron chi connectivity index (χ4n) is 2.34. The zero-order valence-corrected chi connectivity index (χ0v) is 11.5. The van der Waals surface area contributed by atoms with Crippen molar-refractivity contribution in [2.24, 2.45) is 0 Å². The predicted molar refractivity (Wildman–Crippen MR) is 80.1 cm³/mol. The molecule has 0 amide bonds. The summed E-state index contributed by atoms with van der Waals surface area (Å²) in [4.78, 5) is 0. The van der Waals surface area contributed by atoms with Gasteiger partial charge in [0.05, 0.1) is 17.4 Å². The van der Waals surface area contributed by atoms with Crippen molar-refractivity contribution in [2.75, 3.05) is 0 Å². The van der Waals surface area contributed by atoms with Gasteiger partial charge in [0.2, 0.25) is 5.88 Å². The average molecular weight is 264 g/mol. The Morgan fingerprint density at radius 1 is 1.00 bits per heavy atom. The minimum Gasteiger partial charge on any atom is -0.493 e. The number of aromatic nitrogens is 2. The van der Waals surface area contributed by atoms with Crippen molar-refractivity contribution in [1.29, 1.82) is 0 Å². The maximum atomic E-state index is 10.5. The number of benzene rings is 2. The van der Waals surface area contributed by atoms with Crippen LogP contribution in [0.4, 0.5) is 0 Å². The van der Waals surface area contributed by atoms with Crippen molar-refractivity contribution >= 4 is 0 Å². The first-order valence-corrected chi connectivity index (χ1v) is 6.57. The van der Waals surface area contributed by atoms with Crippen LogP contribution in [0.25, 0.3) is 16.8 Å². The van der Waals surface area contributed by atoms with Gasteiger partial charge < -0.3 is 5.11 Å². The number of hydrogen-bond acceptors (Lipinski definition) is 2. The third kappa shape index (κ3) is 2.07. The summed E-state index contributed by atoms with van der Waals surface area (Å²) in [5.41, 5.74) is 4.84. The quantitative estimate of drug-likeness (QED) is 0.763. The second kappa shape index (κ2) is 4.85. The maximum Gasteiger partial charge on any atom is 0.222 e. The van der Waals surface area contributed by atoms with Gasteiger partial charge in [-0.2, -0.15) is 5.10 Å². The van der Waals surface area contributed by atoms with Gasteiger partial charge in [-0.1, -0.05) is 48.0 Å². The Morgan fingerprint density at radius 3 is 2.55 bits per heavy atom. The lowest BCUT2D eigenvalue weighted by Gasteiger charge is -2.07. The molecule has 3 heteroatoms. The highest BCUT2D eigenvalue weighted by atomic mass is 16.3. The molecule has 0 unspecified atom stereocenters. The summed E-state index contributed by atoms with van der Waals surface area (Å²) in [5, 5.41) is 14.8. The monoisotopic (exact) mass is 264 g/mol. The highest BCUT2D eigenvalue weighted by Gasteiger charge is 2.13. The van der Waals surface area contributed by atoms with Gasteiger partial charge in [0.25, 0.3) is 0 Å². The number of aryl methyl sites for hydroxylation is 2. The minimum atomic E-state index is 0.171. The predicted octanol–water partition coefficient (Wildman–Crippen LogP) is 3.86. The second-order valence-corrected chi connectivity index (χ2v) is 4.95. The van der Waals surface area contributed by atoms with Gasteiger partial charge in [-0.05, 0) is 31.0 Å². The van der Waals surface area contributed by atoms with E-state index in [1.165, 1.54) is 0 Å². The van der Waals surface area contributed by atoms with E-state index in [4.69, 9.17) is 0 Å². The summed E-state index contributed by atoms with van der Waals surface area (Å²) in [6, 6.07) is 15.9. The number of rotatable bonds is 2. The molecular weight excluding hydrogens is 248 g/mol. The standard InChI is InChI=1S/C17H16N2O/c1-12-6-5-8-14(10-12)15-11-18-19(17(15)20)16-9-4-3-7-13(16)2/h3-11,20H,1-2H3. The van der Waals surface area contributed by atoms with Crippen LogP contribution in [-0.4, -0.2) is 14.9 Å². The molecule has 0 aliphatic rings. The first-order valence-electron chi connectivity index (χ1n) is 6.57. The molecule has 100 valence electrons. The molecule has 0 bridgehead atoms. The van der Waals surface area contributed by atoms with Crippen molar-refractivity contribution in [2.45, 2.75) is 13.8 Å². The number of aromatic hydroxyl groups is 1. The smallest absolute Gasteiger partial charge is 0.222 e. The summed E-state index contributed by atoms with van der Waals surface area (Å²) in [6.45, 7) is 4.04. The molecule has 0 radical (unpaired) electrons. The van der Waals surface area contributed by atoms with Crippen LogP contribution in [0.1, 0.15) is 11.1 Å². The first kappa shape index (κ1) is 12.5. The molecule has 0 spiro atoms. The molecule has 2 aromatic carbocycles. The average Bonchev–Trinajstić information content (AvgIpc) is 2.81. The Bertz CT molecular complexity index is 759. The first-order chi connectivity index (χ1) is 9.66. The van der Waals surface area contributed by atoms with Gasteiger partial charge >= 0.3 is 0 Å². The summed E-state index contributed by atoms with van der Waals surface area (Å²) in [5.74, 6) is 0.171. The van der Waals surface area contributed by atoms with E-state index in [2.05, 4.69) is 5.10 Å². The fourth-order valence-corrected chi connectivity index (χ4v) is 2.34. The van der Waals surface area contributed by atoms with E-state index in [1.807, 2.05) is 62.4 Å². The summed E-state index contributed by atoms with van der Waals surface area (Å²) in [6.07, 6.45) is 1.70. The van der Waals surface area contributed by atoms with E-state index in [0.717, 1.165) is 27.9 Å². The third-order valence-electron chi connectivity index (χ3n) is 3.42. The molecule has 3 aromatic rings. The van der Waals surface area contributed by atoms with E-state index in [1.54, 1.807) is 10.9 Å². The van der Waals surface area contributed by atoms with Gasteiger partial charge in [-0.15, -0.1) is 0 Å². The number of para-hydroxylation sites is 1. The Kier molecular flexibility index (Phi) is 3.03. The van der Waals surface area contributed by atoms with Crippen molar-refractivity contribution in [3.05, 3.63) is 65.9 Å². The van der Waals surface area contributed by atoms with Crippen LogP contribution in [0, 0.1) is 13.8 Å². The zero-order chi connectivity index (χ0) is 14.1. The van der Waals surface area contributed by atoms with Gasteiger partial charge in [-0.25, -0.2) is 4.68 Å². The topological polar surface area (TPSA) is 38.0 Å².